The molecule has 5 nitrogen and oxygen atoms in total. The molecule has 0 aromatic heterocycles. The SMILES string of the molecule is CCS(=O)(=O)Oc1ccc(SCC(C)C(=O)OC(C)(C)C)cc1. The number of thioether (sulfide) groups is 1. The standard InChI is InChI=1S/C16H24O5S2/c1-6-23(18,19)21-13-7-9-14(10-8-13)22-11-12(2)15(17)20-16(3,4)5/h7-10,12H,6,11H2,1-5H3. The van der Waals surface area contributed by atoms with Crippen molar-refractivity contribution in [3.8, 4) is 5.75 Å². The summed E-state index contributed by atoms with van der Waals surface area (Å²) in [6.45, 7) is 8.87. The lowest BCUT2D eigenvalue weighted by molar-refractivity contribution is -0.158. The van der Waals surface area contributed by atoms with Crippen molar-refractivity contribution in [3.63, 3.8) is 0 Å². The van der Waals surface area contributed by atoms with Gasteiger partial charge in [0.15, 0.2) is 0 Å². The summed E-state index contributed by atoms with van der Waals surface area (Å²) in [4.78, 5) is 12.8. The molecule has 0 heterocycles. The molecular weight excluding hydrogens is 336 g/mol. The molecule has 1 atom stereocenters. The molecule has 1 aromatic rings. The average molecular weight is 360 g/mol. The molecule has 1 rings (SSSR count). The van der Waals surface area contributed by atoms with Gasteiger partial charge in [0.1, 0.15) is 11.4 Å². The first kappa shape index (κ1) is 19.8. The van der Waals surface area contributed by atoms with E-state index in [4.69, 9.17) is 8.92 Å². The van der Waals surface area contributed by atoms with Gasteiger partial charge in [-0.3, -0.25) is 4.79 Å². The van der Waals surface area contributed by atoms with Crippen LogP contribution in [0.25, 0.3) is 0 Å². The van der Waals surface area contributed by atoms with Gasteiger partial charge in [0, 0.05) is 10.6 Å². The highest BCUT2D eigenvalue weighted by Gasteiger charge is 2.21. The Hall–Kier alpha value is -1.21. The van der Waals surface area contributed by atoms with Gasteiger partial charge in [-0.1, -0.05) is 6.92 Å². The van der Waals surface area contributed by atoms with Gasteiger partial charge in [-0.25, -0.2) is 0 Å². The average Bonchev–Trinajstić information content (AvgIpc) is 2.44. The molecule has 130 valence electrons. The molecule has 0 aliphatic carbocycles. The second kappa shape index (κ2) is 8.06. The van der Waals surface area contributed by atoms with Gasteiger partial charge in [0.2, 0.25) is 0 Å². The van der Waals surface area contributed by atoms with Gasteiger partial charge in [-0.15, -0.1) is 11.8 Å². The molecule has 0 fully saturated rings. The summed E-state index contributed by atoms with van der Waals surface area (Å²) in [5.74, 6) is 0.352. The first-order chi connectivity index (χ1) is 10.5. The lowest BCUT2D eigenvalue weighted by atomic mass is 10.1. The van der Waals surface area contributed by atoms with Crippen LogP contribution in [-0.2, 0) is 19.6 Å². The molecule has 0 saturated carbocycles. The molecule has 0 bridgehead atoms. The minimum absolute atomic E-state index is 0.0725. The summed E-state index contributed by atoms with van der Waals surface area (Å²) >= 11 is 1.51. The minimum atomic E-state index is -3.51. The molecule has 23 heavy (non-hydrogen) atoms. The van der Waals surface area contributed by atoms with Gasteiger partial charge in [-0.05, 0) is 52.0 Å². The number of esters is 1. The number of carbonyl (C=O) groups excluding carboxylic acids is 1. The molecule has 0 saturated heterocycles. The van der Waals surface area contributed by atoms with E-state index in [1.54, 1.807) is 24.3 Å². The van der Waals surface area contributed by atoms with Crippen LogP contribution < -0.4 is 4.18 Å². The van der Waals surface area contributed by atoms with Crippen LogP contribution in [0.3, 0.4) is 0 Å². The van der Waals surface area contributed by atoms with E-state index in [2.05, 4.69) is 0 Å². The van der Waals surface area contributed by atoms with Crippen LogP contribution in [0.4, 0.5) is 0 Å². The molecule has 1 unspecified atom stereocenters. The Morgan fingerprint density at radius 2 is 1.78 bits per heavy atom. The summed E-state index contributed by atoms with van der Waals surface area (Å²) in [7, 11) is -3.51. The summed E-state index contributed by atoms with van der Waals surface area (Å²) in [6, 6.07) is 6.75. The van der Waals surface area contributed by atoms with Crippen molar-refractivity contribution in [3.05, 3.63) is 24.3 Å². The highest BCUT2D eigenvalue weighted by atomic mass is 32.2. The molecule has 0 N–H and O–H groups in total. The number of carbonyl (C=O) groups is 1. The van der Waals surface area contributed by atoms with E-state index < -0.39 is 15.7 Å². The number of hydrogen-bond donors (Lipinski definition) is 0. The fraction of sp³-hybridized carbons (Fsp3) is 0.562. The van der Waals surface area contributed by atoms with Gasteiger partial charge >= 0.3 is 16.1 Å². The summed E-state index contributed by atoms with van der Waals surface area (Å²) in [6.07, 6.45) is 0. The van der Waals surface area contributed by atoms with E-state index in [1.165, 1.54) is 18.7 Å². The van der Waals surface area contributed by atoms with E-state index in [-0.39, 0.29) is 23.4 Å². The second-order valence-electron chi connectivity index (χ2n) is 6.15. The Morgan fingerprint density at radius 3 is 2.26 bits per heavy atom. The monoisotopic (exact) mass is 360 g/mol. The normalized spacial score (nSPS) is 13.4. The fourth-order valence-corrected chi connectivity index (χ4v) is 2.92. The zero-order valence-corrected chi connectivity index (χ0v) is 15.8. The Labute approximate surface area is 142 Å². The van der Waals surface area contributed by atoms with Gasteiger partial charge in [0.25, 0.3) is 0 Å². The fourth-order valence-electron chi connectivity index (χ4n) is 1.49. The van der Waals surface area contributed by atoms with Crippen molar-refractivity contribution in [1.29, 1.82) is 0 Å². The quantitative estimate of drug-likeness (QED) is 0.421. The maximum absolute atomic E-state index is 11.9. The third kappa shape index (κ3) is 7.74. The molecule has 0 amide bonds. The molecule has 0 spiro atoms. The Kier molecular flexibility index (Phi) is 6.95. The van der Waals surface area contributed by atoms with Crippen molar-refractivity contribution in [2.45, 2.75) is 45.1 Å². The lowest BCUT2D eigenvalue weighted by Crippen LogP contribution is -2.28. The topological polar surface area (TPSA) is 69.7 Å². The van der Waals surface area contributed by atoms with Crippen LogP contribution in [-0.4, -0.2) is 31.5 Å². The molecule has 0 radical (unpaired) electrons. The molecule has 1 aromatic carbocycles. The third-order valence-corrected chi connectivity index (χ3v) is 5.14. The Morgan fingerprint density at radius 1 is 1.22 bits per heavy atom. The molecule has 7 heteroatoms. The lowest BCUT2D eigenvalue weighted by Gasteiger charge is -2.22. The van der Waals surface area contributed by atoms with Crippen molar-refractivity contribution in [1.82, 2.24) is 0 Å². The van der Waals surface area contributed by atoms with Crippen LogP contribution in [0, 0.1) is 5.92 Å². The Balaban J connectivity index is 2.54. The van der Waals surface area contributed by atoms with Crippen LogP contribution in [0.15, 0.2) is 29.2 Å². The maximum atomic E-state index is 11.9. The third-order valence-electron chi connectivity index (χ3n) is 2.71. The number of benzene rings is 1. The van der Waals surface area contributed by atoms with E-state index in [0.717, 1.165) is 4.90 Å². The summed E-state index contributed by atoms with van der Waals surface area (Å²) in [5, 5.41) is 0. The maximum Gasteiger partial charge on any atom is 0.310 e. The molecule has 0 aliphatic rings. The number of hydrogen-bond acceptors (Lipinski definition) is 6. The number of ether oxygens (including phenoxy) is 1. The summed E-state index contributed by atoms with van der Waals surface area (Å²) in [5.41, 5.74) is -0.486. The van der Waals surface area contributed by atoms with Gasteiger partial charge < -0.3 is 8.92 Å². The predicted molar refractivity (Wildman–Crippen MR) is 92.3 cm³/mol. The van der Waals surface area contributed by atoms with Crippen molar-refractivity contribution >= 4 is 27.8 Å². The first-order valence-corrected chi connectivity index (χ1v) is 9.96. The van der Waals surface area contributed by atoms with E-state index in [1.807, 2.05) is 27.7 Å². The second-order valence-corrected chi connectivity index (χ2v) is 9.10. The minimum Gasteiger partial charge on any atom is -0.460 e. The molecule has 0 aliphatic heterocycles. The Bertz CT molecular complexity index is 615. The van der Waals surface area contributed by atoms with Crippen molar-refractivity contribution in [2.75, 3.05) is 11.5 Å². The van der Waals surface area contributed by atoms with E-state index in [0.29, 0.717) is 5.75 Å². The zero-order chi connectivity index (χ0) is 17.7. The highest BCUT2D eigenvalue weighted by Crippen LogP contribution is 2.25. The van der Waals surface area contributed by atoms with Gasteiger partial charge in [0.05, 0.1) is 11.7 Å². The van der Waals surface area contributed by atoms with E-state index >= 15 is 0 Å². The zero-order valence-electron chi connectivity index (χ0n) is 14.2. The van der Waals surface area contributed by atoms with E-state index in [9.17, 15) is 13.2 Å². The van der Waals surface area contributed by atoms with Crippen LogP contribution in [0.5, 0.6) is 5.75 Å². The smallest absolute Gasteiger partial charge is 0.310 e. The van der Waals surface area contributed by atoms with Crippen LogP contribution >= 0.6 is 11.8 Å². The predicted octanol–water partition coefficient (Wildman–Crippen LogP) is 3.49. The first-order valence-electron chi connectivity index (χ1n) is 7.40. The van der Waals surface area contributed by atoms with Crippen molar-refractivity contribution in [2.24, 2.45) is 5.92 Å². The highest BCUT2D eigenvalue weighted by molar-refractivity contribution is 7.99. The largest absolute Gasteiger partial charge is 0.460 e. The number of rotatable bonds is 7. The van der Waals surface area contributed by atoms with Crippen LogP contribution in [0.1, 0.15) is 34.6 Å². The molecular formula is C16H24O5S2. The summed E-state index contributed by atoms with van der Waals surface area (Å²) < 4.78 is 33.0. The van der Waals surface area contributed by atoms with Crippen LogP contribution in [0.2, 0.25) is 0 Å². The van der Waals surface area contributed by atoms with Crippen molar-refractivity contribution < 1.29 is 22.1 Å². The van der Waals surface area contributed by atoms with Gasteiger partial charge in [-0.2, -0.15) is 8.42 Å².